The van der Waals surface area contributed by atoms with Gasteiger partial charge in [0.15, 0.2) is 0 Å². The Balaban J connectivity index is 1.69. The highest BCUT2D eigenvalue weighted by Gasteiger charge is 2.17. The number of fused-ring (bicyclic) bond motifs is 1. The highest BCUT2D eigenvalue weighted by molar-refractivity contribution is 5.81. The number of benzene rings is 1. The number of nitrogens with zero attached hydrogens (tertiary/aromatic N) is 2. The fourth-order valence-electron chi connectivity index (χ4n) is 4.39. The third-order valence-corrected chi connectivity index (χ3v) is 6.46. The van der Waals surface area contributed by atoms with Crippen molar-refractivity contribution in [2.75, 3.05) is 0 Å². The zero-order chi connectivity index (χ0) is 23.8. The molecule has 33 heavy (non-hydrogen) atoms. The lowest BCUT2D eigenvalue weighted by Gasteiger charge is -2.22. The van der Waals surface area contributed by atoms with E-state index >= 15 is 0 Å². The van der Waals surface area contributed by atoms with E-state index in [1.807, 2.05) is 13.8 Å². The van der Waals surface area contributed by atoms with Crippen LogP contribution < -0.4 is 21.9 Å². The van der Waals surface area contributed by atoms with Gasteiger partial charge in [-0.25, -0.2) is 4.79 Å². The van der Waals surface area contributed by atoms with Crippen molar-refractivity contribution in [3.05, 3.63) is 45.1 Å². The lowest BCUT2D eigenvalue weighted by Crippen LogP contribution is -2.43. The van der Waals surface area contributed by atoms with Crippen molar-refractivity contribution in [3.63, 3.8) is 0 Å². The number of aromatic nitrogens is 2. The van der Waals surface area contributed by atoms with E-state index in [1.54, 1.807) is 24.3 Å². The molecule has 2 aromatic rings. The minimum atomic E-state index is -0.496. The molecular formula is C25H36N4O4. The zero-order valence-corrected chi connectivity index (χ0v) is 19.8. The summed E-state index contributed by atoms with van der Waals surface area (Å²) in [5.74, 6) is -0.229. The van der Waals surface area contributed by atoms with Crippen LogP contribution >= 0.6 is 0 Å². The molecule has 1 saturated carbocycles. The molecule has 1 heterocycles. The number of nitrogens with one attached hydrogen (secondary N) is 2. The van der Waals surface area contributed by atoms with E-state index in [1.165, 1.54) is 15.6 Å². The minimum Gasteiger partial charge on any atom is -0.353 e. The minimum absolute atomic E-state index is 0.00475. The Bertz CT molecular complexity index is 1080. The van der Waals surface area contributed by atoms with E-state index in [-0.39, 0.29) is 42.5 Å². The van der Waals surface area contributed by atoms with Crippen LogP contribution in [0.1, 0.15) is 71.6 Å². The lowest BCUT2D eigenvalue weighted by atomic mass is 9.95. The number of hydrogen-bond acceptors (Lipinski definition) is 4. The Morgan fingerprint density at radius 3 is 2.48 bits per heavy atom. The van der Waals surface area contributed by atoms with Crippen molar-refractivity contribution in [2.24, 2.45) is 0 Å². The van der Waals surface area contributed by atoms with Gasteiger partial charge in [0.1, 0.15) is 6.54 Å². The average Bonchev–Trinajstić information content (AvgIpc) is 2.81. The van der Waals surface area contributed by atoms with Gasteiger partial charge < -0.3 is 10.6 Å². The van der Waals surface area contributed by atoms with Crippen LogP contribution in [0.25, 0.3) is 10.9 Å². The van der Waals surface area contributed by atoms with E-state index in [2.05, 4.69) is 10.6 Å². The number of hydrogen-bond donors (Lipinski definition) is 2. The summed E-state index contributed by atoms with van der Waals surface area (Å²) in [7, 11) is 0. The molecule has 0 unspecified atom stereocenters. The van der Waals surface area contributed by atoms with Crippen LogP contribution in [-0.2, 0) is 22.7 Å². The standard InChI is InChI=1S/C25H36N4O4/c1-3-18(2)26-23(31)17-29-21-14-8-7-13-20(21)24(32)28(25(29)33)16-10-9-15-22(30)27-19-11-5-4-6-12-19/h7-8,13-14,18-19H,3-6,9-12,15-17H2,1-2H3,(H,26,31)(H,27,30)/t18-/m1/s1. The molecule has 8 nitrogen and oxygen atoms in total. The number of rotatable bonds is 10. The van der Waals surface area contributed by atoms with Crippen LogP contribution in [0.5, 0.6) is 0 Å². The van der Waals surface area contributed by atoms with Gasteiger partial charge in [-0.15, -0.1) is 0 Å². The van der Waals surface area contributed by atoms with Crippen LogP contribution in [-0.4, -0.2) is 33.0 Å². The van der Waals surface area contributed by atoms with Crippen molar-refractivity contribution in [2.45, 2.75) is 96.8 Å². The van der Waals surface area contributed by atoms with E-state index < -0.39 is 5.69 Å². The summed E-state index contributed by atoms with van der Waals surface area (Å²) in [6.07, 6.45) is 7.94. The maximum atomic E-state index is 13.2. The molecule has 3 rings (SSSR count). The SMILES string of the molecule is CC[C@@H](C)NC(=O)Cn1c(=O)n(CCCCC(=O)NC2CCCCC2)c(=O)c2ccccc21. The molecule has 180 valence electrons. The molecular weight excluding hydrogens is 420 g/mol. The normalized spacial score (nSPS) is 15.3. The van der Waals surface area contributed by atoms with E-state index in [4.69, 9.17) is 0 Å². The van der Waals surface area contributed by atoms with Crippen molar-refractivity contribution in [1.82, 2.24) is 19.8 Å². The molecule has 1 aromatic carbocycles. The Kier molecular flexibility index (Phi) is 8.86. The first-order valence-electron chi connectivity index (χ1n) is 12.2. The Labute approximate surface area is 194 Å². The van der Waals surface area contributed by atoms with Crippen molar-refractivity contribution in [1.29, 1.82) is 0 Å². The molecule has 0 aliphatic heterocycles. The monoisotopic (exact) mass is 456 g/mol. The van der Waals surface area contributed by atoms with Gasteiger partial charge in [0.2, 0.25) is 11.8 Å². The smallest absolute Gasteiger partial charge is 0.331 e. The highest BCUT2D eigenvalue weighted by Crippen LogP contribution is 2.17. The van der Waals surface area contributed by atoms with Crippen molar-refractivity contribution >= 4 is 22.7 Å². The summed E-state index contributed by atoms with van der Waals surface area (Å²) < 4.78 is 2.56. The molecule has 1 fully saturated rings. The summed E-state index contributed by atoms with van der Waals surface area (Å²) >= 11 is 0. The van der Waals surface area contributed by atoms with Gasteiger partial charge in [-0.05, 0) is 51.2 Å². The van der Waals surface area contributed by atoms with Gasteiger partial charge in [-0.2, -0.15) is 0 Å². The summed E-state index contributed by atoms with van der Waals surface area (Å²) in [4.78, 5) is 50.8. The first-order chi connectivity index (χ1) is 15.9. The van der Waals surface area contributed by atoms with Gasteiger partial charge in [0.05, 0.1) is 10.9 Å². The quantitative estimate of drug-likeness (QED) is 0.537. The maximum absolute atomic E-state index is 13.2. The first kappa shape index (κ1) is 24.7. The topological polar surface area (TPSA) is 102 Å². The zero-order valence-electron chi connectivity index (χ0n) is 19.8. The van der Waals surface area contributed by atoms with Crippen LogP contribution in [0.4, 0.5) is 0 Å². The molecule has 8 heteroatoms. The van der Waals surface area contributed by atoms with E-state index in [0.717, 1.165) is 32.1 Å². The molecule has 0 bridgehead atoms. The maximum Gasteiger partial charge on any atom is 0.331 e. The van der Waals surface area contributed by atoms with E-state index in [0.29, 0.717) is 30.2 Å². The molecule has 0 radical (unpaired) electrons. The molecule has 0 saturated heterocycles. The Hall–Kier alpha value is -2.90. The second-order valence-corrected chi connectivity index (χ2v) is 9.08. The van der Waals surface area contributed by atoms with Crippen LogP contribution in [0, 0.1) is 0 Å². The summed E-state index contributed by atoms with van der Waals surface area (Å²) in [5, 5.41) is 6.38. The van der Waals surface area contributed by atoms with Crippen LogP contribution in [0.2, 0.25) is 0 Å². The van der Waals surface area contributed by atoms with Crippen LogP contribution in [0.15, 0.2) is 33.9 Å². The van der Waals surface area contributed by atoms with Gasteiger partial charge >= 0.3 is 5.69 Å². The molecule has 1 atom stereocenters. The fourth-order valence-corrected chi connectivity index (χ4v) is 4.39. The number of para-hydroxylation sites is 1. The lowest BCUT2D eigenvalue weighted by molar-refractivity contribution is -0.123. The van der Waals surface area contributed by atoms with Gasteiger partial charge in [0, 0.05) is 25.0 Å². The second kappa shape index (κ2) is 11.8. The molecule has 1 aliphatic rings. The molecule has 2 amide bonds. The van der Waals surface area contributed by atoms with Crippen LogP contribution in [0.3, 0.4) is 0 Å². The Morgan fingerprint density at radius 1 is 1.03 bits per heavy atom. The summed E-state index contributed by atoms with van der Waals surface area (Å²) in [6, 6.07) is 7.15. The van der Waals surface area contributed by atoms with Crippen molar-refractivity contribution in [3.8, 4) is 0 Å². The third kappa shape index (κ3) is 6.55. The average molecular weight is 457 g/mol. The number of carbonyl (C=O) groups is 2. The summed E-state index contributed by atoms with van der Waals surface area (Å²) in [6.45, 7) is 3.95. The largest absolute Gasteiger partial charge is 0.353 e. The highest BCUT2D eigenvalue weighted by atomic mass is 16.2. The number of unbranched alkanes of at least 4 members (excludes halogenated alkanes) is 1. The summed E-state index contributed by atoms with van der Waals surface area (Å²) in [5.41, 5.74) is -0.402. The van der Waals surface area contributed by atoms with E-state index in [9.17, 15) is 19.2 Å². The Morgan fingerprint density at radius 2 is 1.76 bits per heavy atom. The van der Waals surface area contributed by atoms with Gasteiger partial charge in [0.25, 0.3) is 5.56 Å². The number of carbonyl (C=O) groups excluding carboxylic acids is 2. The molecule has 0 spiro atoms. The molecule has 1 aromatic heterocycles. The molecule has 1 aliphatic carbocycles. The third-order valence-electron chi connectivity index (χ3n) is 6.46. The fraction of sp³-hybridized carbons (Fsp3) is 0.600. The van der Waals surface area contributed by atoms with Crippen molar-refractivity contribution < 1.29 is 9.59 Å². The predicted octanol–water partition coefficient (Wildman–Crippen LogP) is 2.70. The number of amides is 2. The second-order valence-electron chi connectivity index (χ2n) is 9.08. The van der Waals surface area contributed by atoms with Gasteiger partial charge in [-0.1, -0.05) is 38.3 Å². The van der Waals surface area contributed by atoms with Gasteiger partial charge in [-0.3, -0.25) is 23.5 Å². The first-order valence-corrected chi connectivity index (χ1v) is 12.2. The predicted molar refractivity (Wildman–Crippen MR) is 129 cm³/mol. The molecule has 2 N–H and O–H groups in total.